The quantitative estimate of drug-likeness (QED) is 0.567. The van der Waals surface area contributed by atoms with Gasteiger partial charge in [-0.1, -0.05) is 0 Å². The van der Waals surface area contributed by atoms with Crippen molar-refractivity contribution in [2.75, 3.05) is 7.11 Å². The highest BCUT2D eigenvalue weighted by molar-refractivity contribution is 5.36. The van der Waals surface area contributed by atoms with Crippen molar-refractivity contribution in [2.45, 2.75) is 0 Å². The van der Waals surface area contributed by atoms with Crippen LogP contribution in [0, 0.1) is 0 Å². The first-order chi connectivity index (χ1) is 4.41. The van der Waals surface area contributed by atoms with E-state index in [1.165, 1.54) is 7.11 Å². The molecule has 0 saturated carbocycles. The summed E-state index contributed by atoms with van der Waals surface area (Å²) >= 11 is 0. The molecule has 0 amide bonds. The summed E-state index contributed by atoms with van der Waals surface area (Å²) in [7, 11) is 1.31. The highest BCUT2D eigenvalue weighted by atomic mass is 16.5. The smallest absolute Gasteiger partial charge is 0.292 e. The Hall–Kier alpha value is -1.25. The van der Waals surface area contributed by atoms with Gasteiger partial charge >= 0.3 is 0 Å². The van der Waals surface area contributed by atoms with Crippen LogP contribution in [0.3, 0.4) is 0 Å². The molecule has 0 aromatic carbocycles. The summed E-state index contributed by atoms with van der Waals surface area (Å²) < 4.78 is 3.86. The number of H-pyrrole nitrogens is 1. The minimum absolute atomic E-state index is 0.375. The molecule has 0 fully saturated rings. The molecule has 0 aliphatic rings. The summed E-state index contributed by atoms with van der Waals surface area (Å²) in [4.78, 5) is 11.8. The van der Waals surface area contributed by atoms with Crippen LogP contribution < -0.4 is 0 Å². The number of carbonyl (C=O) groups is 1. The van der Waals surface area contributed by atoms with Crippen LogP contribution in [0.5, 0.6) is 0 Å². The molecule has 1 heterocycles. The molecule has 0 bridgehead atoms. The fourth-order valence-corrected chi connectivity index (χ4v) is 0.278. The van der Waals surface area contributed by atoms with E-state index in [-0.39, 0.29) is 0 Å². The van der Waals surface area contributed by atoms with Crippen molar-refractivity contribution in [3.63, 3.8) is 0 Å². The van der Waals surface area contributed by atoms with Crippen LogP contribution in [0.2, 0.25) is 0 Å². The lowest BCUT2D eigenvalue weighted by molar-refractivity contribution is -0.126. The lowest BCUT2D eigenvalue weighted by Crippen LogP contribution is -1.68. The van der Waals surface area contributed by atoms with Crippen LogP contribution in [-0.4, -0.2) is 18.6 Å². The van der Waals surface area contributed by atoms with Crippen molar-refractivity contribution in [1.82, 2.24) is 4.98 Å². The third kappa shape index (κ3) is 6.75. The molecular formula is C6H9NO2. The van der Waals surface area contributed by atoms with Gasteiger partial charge in [0.05, 0.1) is 7.11 Å². The topological polar surface area (TPSA) is 42.1 Å². The lowest BCUT2D eigenvalue weighted by Gasteiger charge is -1.67. The molecule has 0 saturated heterocycles. The van der Waals surface area contributed by atoms with Gasteiger partial charge in [-0.05, 0) is 12.1 Å². The summed E-state index contributed by atoms with van der Waals surface area (Å²) in [6.07, 6.45) is 3.75. The third-order valence-corrected chi connectivity index (χ3v) is 0.592. The van der Waals surface area contributed by atoms with Gasteiger partial charge in [0.25, 0.3) is 6.47 Å². The second-order valence-corrected chi connectivity index (χ2v) is 1.22. The van der Waals surface area contributed by atoms with E-state index in [2.05, 4.69) is 9.72 Å². The zero-order chi connectivity index (χ0) is 6.95. The van der Waals surface area contributed by atoms with Crippen molar-refractivity contribution in [3.8, 4) is 0 Å². The number of aromatic amines is 1. The number of aromatic nitrogens is 1. The molecule has 1 N–H and O–H groups in total. The van der Waals surface area contributed by atoms with Crippen molar-refractivity contribution >= 4 is 6.47 Å². The maximum atomic E-state index is 8.95. The number of hydrogen-bond donors (Lipinski definition) is 1. The average molecular weight is 127 g/mol. The van der Waals surface area contributed by atoms with Crippen LogP contribution >= 0.6 is 0 Å². The van der Waals surface area contributed by atoms with Crippen LogP contribution in [0.15, 0.2) is 24.5 Å². The van der Waals surface area contributed by atoms with Crippen LogP contribution in [-0.2, 0) is 9.53 Å². The molecule has 1 aromatic heterocycles. The van der Waals surface area contributed by atoms with Gasteiger partial charge in [-0.2, -0.15) is 0 Å². The predicted octanol–water partition coefficient (Wildman–Crippen LogP) is 0.804. The Balaban J connectivity index is 0.000000148. The Morgan fingerprint density at radius 3 is 2.00 bits per heavy atom. The molecule has 1 aromatic rings. The maximum absolute atomic E-state index is 8.95. The van der Waals surface area contributed by atoms with Crippen LogP contribution in [0.4, 0.5) is 0 Å². The van der Waals surface area contributed by atoms with Crippen molar-refractivity contribution in [1.29, 1.82) is 0 Å². The number of nitrogens with one attached hydrogen (secondary N) is 1. The van der Waals surface area contributed by atoms with Gasteiger partial charge in [0.15, 0.2) is 0 Å². The minimum atomic E-state index is 0.375. The third-order valence-electron chi connectivity index (χ3n) is 0.592. The van der Waals surface area contributed by atoms with Crippen molar-refractivity contribution in [3.05, 3.63) is 24.5 Å². The molecule has 0 atom stereocenters. The first-order valence-electron chi connectivity index (χ1n) is 2.46. The molecular weight excluding hydrogens is 118 g/mol. The van der Waals surface area contributed by atoms with Gasteiger partial charge in [-0.15, -0.1) is 0 Å². The fourth-order valence-electron chi connectivity index (χ4n) is 0.278. The summed E-state index contributed by atoms with van der Waals surface area (Å²) in [5.41, 5.74) is 0. The SMILES string of the molecule is COC=O.c1cc[nH]c1. The van der Waals surface area contributed by atoms with Gasteiger partial charge in [0.1, 0.15) is 0 Å². The van der Waals surface area contributed by atoms with Crippen molar-refractivity contribution in [2.24, 2.45) is 0 Å². The standard InChI is InChI=1S/C4H5N.C2H4O2/c1-2-4-5-3-1;1-4-2-3/h1-5H;2H,1H3. The molecule has 1 rings (SSSR count). The molecule has 0 unspecified atom stereocenters. The summed E-state index contributed by atoms with van der Waals surface area (Å²) in [5.74, 6) is 0. The number of carbonyl (C=O) groups excluding carboxylic acids is 1. The van der Waals surface area contributed by atoms with Gasteiger partial charge in [-0.3, -0.25) is 4.79 Å². The Bertz CT molecular complexity index is 108. The van der Waals surface area contributed by atoms with E-state index in [1.54, 1.807) is 0 Å². The van der Waals surface area contributed by atoms with E-state index in [0.29, 0.717) is 6.47 Å². The van der Waals surface area contributed by atoms with Gasteiger partial charge in [0, 0.05) is 12.4 Å². The normalized spacial score (nSPS) is 6.78. The molecule has 3 nitrogen and oxygen atoms in total. The minimum Gasteiger partial charge on any atom is -0.471 e. The van der Waals surface area contributed by atoms with Crippen molar-refractivity contribution < 1.29 is 9.53 Å². The molecule has 50 valence electrons. The monoisotopic (exact) mass is 127 g/mol. The lowest BCUT2D eigenvalue weighted by atomic mass is 10.7. The summed E-state index contributed by atoms with van der Waals surface area (Å²) in [6, 6.07) is 3.89. The molecule has 0 aliphatic carbocycles. The zero-order valence-electron chi connectivity index (χ0n) is 5.20. The van der Waals surface area contributed by atoms with E-state index in [9.17, 15) is 0 Å². The van der Waals surface area contributed by atoms with E-state index in [4.69, 9.17) is 4.79 Å². The second-order valence-electron chi connectivity index (χ2n) is 1.22. The van der Waals surface area contributed by atoms with Gasteiger partial charge in [-0.25, -0.2) is 0 Å². The molecule has 0 radical (unpaired) electrons. The highest BCUT2D eigenvalue weighted by Crippen LogP contribution is 1.72. The first kappa shape index (κ1) is 7.75. The van der Waals surface area contributed by atoms with Crippen LogP contribution in [0.1, 0.15) is 0 Å². The first-order valence-corrected chi connectivity index (χ1v) is 2.46. The van der Waals surface area contributed by atoms with Crippen LogP contribution in [0.25, 0.3) is 0 Å². The van der Waals surface area contributed by atoms with Gasteiger partial charge < -0.3 is 9.72 Å². The Morgan fingerprint density at radius 1 is 1.44 bits per heavy atom. The number of ether oxygens (including phenoxy) is 1. The van der Waals surface area contributed by atoms with E-state index in [0.717, 1.165) is 0 Å². The molecule has 0 aliphatic heterocycles. The summed E-state index contributed by atoms with van der Waals surface area (Å²) in [5, 5.41) is 0. The number of rotatable bonds is 1. The second kappa shape index (κ2) is 6.75. The Kier molecular flexibility index (Phi) is 5.81. The molecule has 9 heavy (non-hydrogen) atoms. The zero-order valence-corrected chi connectivity index (χ0v) is 5.20. The predicted molar refractivity (Wildman–Crippen MR) is 33.9 cm³/mol. The molecule has 0 spiro atoms. The largest absolute Gasteiger partial charge is 0.471 e. The Morgan fingerprint density at radius 2 is 1.89 bits per heavy atom. The van der Waals surface area contributed by atoms with E-state index in [1.807, 2.05) is 24.5 Å². The Labute approximate surface area is 53.7 Å². The van der Waals surface area contributed by atoms with E-state index >= 15 is 0 Å². The fraction of sp³-hybridized carbons (Fsp3) is 0.167. The average Bonchev–Trinajstić information content (AvgIpc) is 2.43. The number of methoxy groups -OCH3 is 1. The van der Waals surface area contributed by atoms with Gasteiger partial charge in [0.2, 0.25) is 0 Å². The molecule has 3 heteroatoms. The number of hydrogen-bond acceptors (Lipinski definition) is 2. The van der Waals surface area contributed by atoms with E-state index < -0.39 is 0 Å². The maximum Gasteiger partial charge on any atom is 0.292 e. The highest BCUT2D eigenvalue weighted by Gasteiger charge is 1.55. The summed E-state index contributed by atoms with van der Waals surface area (Å²) in [6.45, 7) is 0.375.